The van der Waals surface area contributed by atoms with Gasteiger partial charge in [0, 0.05) is 19.3 Å². The topological polar surface area (TPSA) is 127 Å². The lowest BCUT2D eigenvalue weighted by Gasteiger charge is -2.18. The van der Waals surface area contributed by atoms with Crippen LogP contribution in [0, 0.1) is 0 Å². The third kappa shape index (κ3) is 2.94. The quantitative estimate of drug-likeness (QED) is 0.605. The molecule has 9 nitrogen and oxygen atoms in total. The molecule has 0 amide bonds. The van der Waals surface area contributed by atoms with Crippen LogP contribution in [0.1, 0.15) is 18.4 Å². The van der Waals surface area contributed by atoms with Gasteiger partial charge >= 0.3 is 5.69 Å². The Morgan fingerprint density at radius 1 is 1.08 bits per heavy atom. The van der Waals surface area contributed by atoms with E-state index < -0.39 is 17.1 Å². The number of aromatic nitrogens is 4. The fourth-order valence-corrected chi connectivity index (χ4v) is 2.94. The van der Waals surface area contributed by atoms with Gasteiger partial charge in [-0.15, -0.1) is 0 Å². The zero-order chi connectivity index (χ0) is 18.1. The average molecular weight is 352 g/mol. The smallest absolute Gasteiger partial charge is 0.328 e. The van der Waals surface area contributed by atoms with Crippen LogP contribution in [0.25, 0.3) is 11.0 Å². The van der Waals surface area contributed by atoms with Gasteiger partial charge in [-0.25, -0.2) is 19.8 Å². The van der Waals surface area contributed by atoms with E-state index in [4.69, 9.17) is 0 Å². The fourth-order valence-electron chi connectivity index (χ4n) is 2.94. The summed E-state index contributed by atoms with van der Waals surface area (Å²) < 4.78 is 0. The third-order valence-corrected chi connectivity index (χ3v) is 4.21. The predicted octanol–water partition coefficient (Wildman–Crippen LogP) is 1.06. The number of aliphatic imine (C=N–C) groups is 1. The van der Waals surface area contributed by atoms with Crippen LogP contribution in [0.5, 0.6) is 5.88 Å². The van der Waals surface area contributed by atoms with Crippen molar-refractivity contribution in [3.63, 3.8) is 0 Å². The van der Waals surface area contributed by atoms with E-state index >= 15 is 0 Å². The molecule has 0 bridgehead atoms. The van der Waals surface area contributed by atoms with Crippen molar-refractivity contribution in [2.45, 2.75) is 12.8 Å². The molecule has 1 aromatic carbocycles. The van der Waals surface area contributed by atoms with E-state index in [9.17, 15) is 14.7 Å². The first-order chi connectivity index (χ1) is 12.6. The first-order valence-electron chi connectivity index (χ1n) is 8.23. The summed E-state index contributed by atoms with van der Waals surface area (Å²) in [5.74, 6) is 0.451. The highest BCUT2D eigenvalue weighted by Gasteiger charge is 2.19. The lowest BCUT2D eigenvalue weighted by Crippen LogP contribution is -2.24. The van der Waals surface area contributed by atoms with E-state index in [2.05, 4.69) is 29.8 Å². The Labute approximate surface area is 147 Å². The van der Waals surface area contributed by atoms with Crippen LogP contribution in [0.4, 0.5) is 11.6 Å². The number of fused-ring (bicyclic) bond motifs is 1. The minimum Gasteiger partial charge on any atom is -0.494 e. The van der Waals surface area contributed by atoms with E-state index in [1.807, 2.05) is 24.3 Å². The van der Waals surface area contributed by atoms with Gasteiger partial charge in [0.15, 0.2) is 11.6 Å². The number of H-pyrrole nitrogens is 2. The molecule has 26 heavy (non-hydrogen) atoms. The maximum Gasteiger partial charge on any atom is 0.328 e. The summed E-state index contributed by atoms with van der Waals surface area (Å²) in [6, 6.07) is 7.47. The third-order valence-electron chi connectivity index (χ3n) is 4.21. The number of aromatic amines is 2. The second kappa shape index (κ2) is 6.43. The van der Waals surface area contributed by atoms with Gasteiger partial charge in [0.05, 0.1) is 11.0 Å². The highest BCUT2D eigenvalue weighted by atomic mass is 16.3. The molecule has 0 spiro atoms. The Bertz CT molecular complexity index is 1110. The van der Waals surface area contributed by atoms with Crippen LogP contribution in [-0.2, 0) is 0 Å². The molecule has 2 aromatic heterocycles. The largest absolute Gasteiger partial charge is 0.494 e. The second-order valence-corrected chi connectivity index (χ2v) is 5.98. The van der Waals surface area contributed by atoms with Crippen molar-refractivity contribution >= 4 is 28.9 Å². The SMILES string of the molecule is O=c1[nH]c(O)c(C=Nc2nc3ccccc3nc2N2CCCC2)c(=O)[nH]1. The first kappa shape index (κ1) is 16.0. The molecule has 9 heteroatoms. The van der Waals surface area contributed by atoms with Crippen molar-refractivity contribution in [1.82, 2.24) is 19.9 Å². The lowest BCUT2D eigenvalue weighted by molar-refractivity contribution is 0.447. The van der Waals surface area contributed by atoms with Crippen molar-refractivity contribution in [1.29, 1.82) is 0 Å². The van der Waals surface area contributed by atoms with Crippen molar-refractivity contribution in [3.8, 4) is 5.88 Å². The Kier molecular flexibility index (Phi) is 3.96. The van der Waals surface area contributed by atoms with Crippen molar-refractivity contribution in [3.05, 3.63) is 50.7 Å². The molecule has 0 unspecified atom stereocenters. The molecule has 4 rings (SSSR count). The van der Waals surface area contributed by atoms with Crippen molar-refractivity contribution in [2.24, 2.45) is 4.99 Å². The van der Waals surface area contributed by atoms with Gasteiger partial charge in [-0.05, 0) is 25.0 Å². The Morgan fingerprint density at radius 3 is 2.46 bits per heavy atom. The number of nitrogens with one attached hydrogen (secondary N) is 2. The number of rotatable bonds is 3. The van der Waals surface area contributed by atoms with Gasteiger partial charge < -0.3 is 10.0 Å². The van der Waals surface area contributed by atoms with Crippen LogP contribution in [-0.4, -0.2) is 44.3 Å². The number of hydrogen-bond donors (Lipinski definition) is 3. The highest BCUT2D eigenvalue weighted by molar-refractivity contribution is 5.86. The lowest BCUT2D eigenvalue weighted by atomic mass is 10.3. The molecule has 0 saturated carbocycles. The van der Waals surface area contributed by atoms with Gasteiger partial charge in [-0.1, -0.05) is 12.1 Å². The van der Waals surface area contributed by atoms with Crippen molar-refractivity contribution in [2.75, 3.05) is 18.0 Å². The Morgan fingerprint density at radius 2 is 1.77 bits per heavy atom. The minimum absolute atomic E-state index is 0.146. The Balaban J connectivity index is 1.83. The average Bonchev–Trinajstić information content (AvgIpc) is 3.14. The zero-order valence-corrected chi connectivity index (χ0v) is 13.8. The number of benzene rings is 1. The summed E-state index contributed by atoms with van der Waals surface area (Å²) in [6.45, 7) is 1.72. The molecule has 132 valence electrons. The molecular weight excluding hydrogens is 336 g/mol. The normalized spacial score (nSPS) is 14.5. The molecule has 1 fully saturated rings. The van der Waals surface area contributed by atoms with Gasteiger partial charge in [-0.2, -0.15) is 0 Å². The molecule has 3 N–H and O–H groups in total. The van der Waals surface area contributed by atoms with Gasteiger partial charge in [0.1, 0.15) is 5.56 Å². The van der Waals surface area contributed by atoms with Crippen molar-refractivity contribution < 1.29 is 5.11 Å². The van der Waals surface area contributed by atoms with Crippen LogP contribution < -0.4 is 16.1 Å². The summed E-state index contributed by atoms with van der Waals surface area (Å²) in [7, 11) is 0. The van der Waals surface area contributed by atoms with Crippen LogP contribution in [0.3, 0.4) is 0 Å². The maximum absolute atomic E-state index is 11.9. The van der Waals surface area contributed by atoms with E-state index in [1.54, 1.807) is 0 Å². The van der Waals surface area contributed by atoms with Gasteiger partial charge in [0.25, 0.3) is 5.56 Å². The van der Waals surface area contributed by atoms with E-state index in [-0.39, 0.29) is 5.56 Å². The number of anilines is 1. The van der Waals surface area contributed by atoms with Crippen LogP contribution >= 0.6 is 0 Å². The summed E-state index contributed by atoms with van der Waals surface area (Å²) in [5, 5.41) is 9.79. The number of aromatic hydroxyl groups is 1. The predicted molar refractivity (Wildman–Crippen MR) is 97.6 cm³/mol. The van der Waals surface area contributed by atoms with E-state index in [0.29, 0.717) is 17.2 Å². The molecule has 0 atom stereocenters. The number of para-hydroxylation sites is 2. The minimum atomic E-state index is -0.784. The van der Waals surface area contributed by atoms with E-state index in [1.165, 1.54) is 6.21 Å². The molecule has 3 heterocycles. The number of nitrogens with zero attached hydrogens (tertiary/aromatic N) is 4. The van der Waals surface area contributed by atoms with Gasteiger partial charge in [-0.3, -0.25) is 14.8 Å². The monoisotopic (exact) mass is 352 g/mol. The standard InChI is InChI=1S/C17H16N6O3/c24-15-10(16(25)22-17(26)21-15)9-18-13-14(23-7-3-4-8-23)20-12-6-2-1-5-11(12)19-13/h1-2,5-6,9H,3-4,7-8H2,(H3,21,22,24,25,26). The van der Waals surface area contributed by atoms with Gasteiger partial charge in [0.2, 0.25) is 5.88 Å². The molecule has 1 aliphatic rings. The second-order valence-electron chi connectivity index (χ2n) is 5.98. The fraction of sp³-hybridized carbons (Fsp3) is 0.235. The molecule has 3 aromatic rings. The molecule has 1 aliphatic heterocycles. The summed E-state index contributed by atoms with van der Waals surface area (Å²) in [5.41, 5.74) is -0.216. The summed E-state index contributed by atoms with van der Waals surface area (Å²) in [6.07, 6.45) is 3.32. The first-order valence-corrected chi connectivity index (χ1v) is 8.23. The Hall–Kier alpha value is -3.49. The number of hydrogen-bond acceptors (Lipinski definition) is 7. The molecule has 1 saturated heterocycles. The molecule has 0 radical (unpaired) electrons. The van der Waals surface area contributed by atoms with Crippen LogP contribution in [0.15, 0.2) is 38.8 Å². The zero-order valence-electron chi connectivity index (χ0n) is 13.8. The maximum atomic E-state index is 11.9. The highest BCUT2D eigenvalue weighted by Crippen LogP contribution is 2.29. The summed E-state index contributed by atoms with van der Waals surface area (Å²) in [4.78, 5) is 42.8. The molecule has 0 aliphatic carbocycles. The van der Waals surface area contributed by atoms with E-state index in [0.717, 1.165) is 31.4 Å². The molecular formula is C17H16N6O3. The van der Waals surface area contributed by atoms with Crippen LogP contribution in [0.2, 0.25) is 0 Å². The summed E-state index contributed by atoms with van der Waals surface area (Å²) >= 11 is 0.